The maximum atomic E-state index is 11.0. The lowest BCUT2D eigenvalue weighted by Gasteiger charge is -2.29. The maximum absolute atomic E-state index is 11.0. The smallest absolute Gasteiger partial charge is 0.330 e. The number of carbonyl (C=O) groups is 1. The predicted molar refractivity (Wildman–Crippen MR) is 120 cm³/mol. The first-order chi connectivity index (χ1) is 13.6. The molecular weight excluding hydrogens is 409 g/mol. The number of carboxylic acid groups (broad SMARTS) is 1. The highest BCUT2D eigenvalue weighted by atomic mass is 31.2. The molecule has 0 saturated carbocycles. The molecule has 0 aromatic carbocycles. The number of unbranched alkanes of at least 4 members (excludes halogenated alkanes) is 5. The summed E-state index contributed by atoms with van der Waals surface area (Å²) in [5.41, 5.74) is 0. The highest BCUT2D eigenvalue weighted by molar-refractivity contribution is 7.40. The van der Waals surface area contributed by atoms with E-state index in [1.54, 1.807) is 0 Å². The van der Waals surface area contributed by atoms with Crippen LogP contribution in [0, 0.1) is 5.92 Å². The van der Waals surface area contributed by atoms with Crippen molar-refractivity contribution in [3.63, 3.8) is 0 Å². The number of hydrogen-bond acceptors (Lipinski definition) is 6. The average molecular weight is 456 g/mol. The first kappa shape index (κ1) is 31.8. The van der Waals surface area contributed by atoms with Crippen LogP contribution in [0.1, 0.15) is 71.6 Å². The summed E-state index contributed by atoms with van der Waals surface area (Å²) in [6, 6.07) is 0. The van der Waals surface area contributed by atoms with E-state index in [0.717, 1.165) is 51.2 Å². The Kier molecular flexibility index (Phi) is 20.5. The highest BCUT2D eigenvalue weighted by Gasteiger charge is 2.25. The second-order valence-electron chi connectivity index (χ2n) is 8.91. The number of aliphatic carboxylic acids is 1. The van der Waals surface area contributed by atoms with Gasteiger partial charge < -0.3 is 33.7 Å². The van der Waals surface area contributed by atoms with E-state index in [1.165, 1.54) is 19.3 Å². The lowest BCUT2D eigenvalue weighted by atomic mass is 10.1. The summed E-state index contributed by atoms with van der Waals surface area (Å²) in [6.45, 7) is 7.14. The highest BCUT2D eigenvalue weighted by Crippen LogP contribution is 2.36. The molecule has 9 heteroatoms. The molecule has 8 nitrogen and oxygen atoms in total. The lowest BCUT2D eigenvalue weighted by Crippen LogP contribution is -2.42. The zero-order chi connectivity index (χ0) is 22.1. The van der Waals surface area contributed by atoms with Gasteiger partial charge in [0, 0.05) is 13.2 Å². The molecule has 0 heterocycles. The maximum Gasteiger partial charge on any atom is 0.330 e. The van der Waals surface area contributed by atoms with E-state index in [4.69, 9.17) is 18.9 Å². The fourth-order valence-corrected chi connectivity index (χ4v) is 3.59. The molecule has 0 rings (SSSR count). The van der Waals surface area contributed by atoms with Gasteiger partial charge in [-0.1, -0.05) is 46.0 Å². The van der Waals surface area contributed by atoms with Gasteiger partial charge in [0.05, 0.1) is 34.2 Å². The van der Waals surface area contributed by atoms with Crippen LogP contribution in [-0.4, -0.2) is 79.5 Å². The molecule has 30 heavy (non-hydrogen) atoms. The van der Waals surface area contributed by atoms with Gasteiger partial charge in [-0.15, -0.1) is 0 Å². The lowest BCUT2D eigenvalue weighted by molar-refractivity contribution is -0.873. The molecule has 0 radical (unpaired) electrons. The fraction of sp³-hybridized carbons (Fsp3) is 0.952. The molecule has 0 bridgehead atoms. The number of likely N-dealkylation sites (N-methyl/N-ethyl adjacent to an activating group) is 1. The van der Waals surface area contributed by atoms with Crippen LogP contribution in [0.3, 0.4) is 0 Å². The molecule has 0 aromatic heterocycles. The van der Waals surface area contributed by atoms with Crippen molar-refractivity contribution in [1.29, 1.82) is 0 Å². The van der Waals surface area contributed by atoms with E-state index in [1.807, 2.05) is 21.1 Å². The van der Waals surface area contributed by atoms with Crippen LogP contribution in [0.25, 0.3) is 0 Å². The van der Waals surface area contributed by atoms with Crippen molar-refractivity contribution in [2.45, 2.75) is 77.7 Å². The van der Waals surface area contributed by atoms with Crippen molar-refractivity contribution < 1.29 is 38.5 Å². The van der Waals surface area contributed by atoms with Gasteiger partial charge in [-0.2, -0.15) is 0 Å². The van der Waals surface area contributed by atoms with Gasteiger partial charge in [-0.05, 0) is 25.2 Å². The molecular formula is C21H46NO7P. The van der Waals surface area contributed by atoms with Crippen molar-refractivity contribution in [2.75, 3.05) is 47.5 Å². The van der Waals surface area contributed by atoms with E-state index < -0.39 is 20.7 Å². The van der Waals surface area contributed by atoms with Crippen LogP contribution in [-0.2, 0) is 18.6 Å². The third kappa shape index (κ3) is 22.3. The SMILES string of the molecule is CCC(C)CCOCCCCCCCCOP(O)OC(CC(=O)O)C[N+](C)(C)C.[OH-]. The molecule has 3 N–H and O–H groups in total. The normalized spacial score (nSPS) is 14.7. The van der Waals surface area contributed by atoms with Gasteiger partial charge in [0.2, 0.25) is 0 Å². The molecule has 0 aliphatic carbocycles. The summed E-state index contributed by atoms with van der Waals surface area (Å²) in [5, 5.41) is 8.99. The molecule has 0 aliphatic rings. The van der Waals surface area contributed by atoms with Gasteiger partial charge in [-0.3, -0.25) is 4.79 Å². The third-order valence-electron chi connectivity index (χ3n) is 4.73. The molecule has 0 amide bonds. The van der Waals surface area contributed by atoms with Crippen molar-refractivity contribution in [3.8, 4) is 0 Å². The number of quaternary nitrogens is 1. The van der Waals surface area contributed by atoms with Crippen LogP contribution in [0.4, 0.5) is 0 Å². The Hall–Kier alpha value is -0.340. The van der Waals surface area contributed by atoms with Gasteiger partial charge in [-0.25, -0.2) is 0 Å². The molecule has 3 atom stereocenters. The summed E-state index contributed by atoms with van der Waals surface area (Å²) in [7, 11) is 3.83. The van der Waals surface area contributed by atoms with Crippen molar-refractivity contribution in [2.24, 2.45) is 5.92 Å². The van der Waals surface area contributed by atoms with Gasteiger partial charge >= 0.3 is 14.6 Å². The van der Waals surface area contributed by atoms with Gasteiger partial charge in [0.15, 0.2) is 0 Å². The van der Waals surface area contributed by atoms with E-state index >= 15 is 0 Å². The first-order valence-corrected chi connectivity index (χ1v) is 12.2. The van der Waals surface area contributed by atoms with Crippen molar-refractivity contribution >= 4 is 14.6 Å². The Bertz CT molecular complexity index is 407. The Labute approximate surface area is 184 Å². The quantitative estimate of drug-likeness (QED) is 0.159. The molecule has 0 spiro atoms. The number of ether oxygens (including phenoxy) is 1. The molecule has 0 fully saturated rings. The molecule has 182 valence electrons. The van der Waals surface area contributed by atoms with Crippen LogP contribution in [0.5, 0.6) is 0 Å². The zero-order valence-corrected chi connectivity index (χ0v) is 20.6. The van der Waals surface area contributed by atoms with Crippen molar-refractivity contribution in [1.82, 2.24) is 0 Å². The van der Waals surface area contributed by atoms with Crippen LogP contribution in [0.2, 0.25) is 0 Å². The molecule has 0 saturated heterocycles. The summed E-state index contributed by atoms with van der Waals surface area (Å²) < 4.78 is 17.0. The minimum atomic E-state index is -2.04. The Morgan fingerprint density at radius 3 is 2.10 bits per heavy atom. The van der Waals surface area contributed by atoms with E-state index in [-0.39, 0.29) is 11.9 Å². The summed E-state index contributed by atoms with van der Waals surface area (Å²) in [4.78, 5) is 20.9. The number of hydrogen-bond donors (Lipinski definition) is 2. The molecule has 3 unspecified atom stereocenters. The summed E-state index contributed by atoms with van der Waals surface area (Å²) >= 11 is 0. The van der Waals surface area contributed by atoms with Gasteiger partial charge in [0.1, 0.15) is 12.6 Å². The van der Waals surface area contributed by atoms with Crippen LogP contribution >= 0.6 is 8.60 Å². The first-order valence-electron chi connectivity index (χ1n) is 11.0. The molecule has 0 aliphatic heterocycles. The Morgan fingerprint density at radius 1 is 1.00 bits per heavy atom. The zero-order valence-electron chi connectivity index (χ0n) is 19.7. The second kappa shape index (κ2) is 19.4. The fourth-order valence-electron chi connectivity index (χ4n) is 2.85. The van der Waals surface area contributed by atoms with E-state index in [0.29, 0.717) is 17.6 Å². The topological polar surface area (TPSA) is 115 Å². The average Bonchev–Trinajstić information content (AvgIpc) is 2.60. The minimum absolute atomic E-state index is 0. The van der Waals surface area contributed by atoms with Crippen molar-refractivity contribution in [3.05, 3.63) is 0 Å². The van der Waals surface area contributed by atoms with Crippen LogP contribution < -0.4 is 0 Å². The Balaban J connectivity index is 0. The molecule has 0 aromatic rings. The number of carboxylic acids is 1. The second-order valence-corrected chi connectivity index (χ2v) is 9.85. The van der Waals surface area contributed by atoms with Gasteiger partial charge in [0.25, 0.3) is 0 Å². The van der Waals surface area contributed by atoms with Crippen LogP contribution in [0.15, 0.2) is 0 Å². The van der Waals surface area contributed by atoms with E-state index in [9.17, 15) is 9.69 Å². The standard InChI is InChI=1S/C21H44NO6P.H2O/c1-6-19(2)13-16-26-14-11-9-7-8-10-12-15-27-29(25)28-20(17-21(23)24)18-22(3,4)5;/h19-20,25H,6-18H2,1-5H3;1H2. The predicted octanol–water partition coefficient (Wildman–Crippen LogP) is 4.40. The number of rotatable bonds is 20. The Morgan fingerprint density at radius 2 is 1.57 bits per heavy atom. The summed E-state index contributed by atoms with van der Waals surface area (Å²) in [6.07, 6.45) is 8.22. The number of nitrogens with zero attached hydrogens (tertiary/aromatic N) is 1. The summed E-state index contributed by atoms with van der Waals surface area (Å²) in [5.74, 6) is -0.184. The van der Waals surface area contributed by atoms with E-state index in [2.05, 4.69) is 13.8 Å². The minimum Gasteiger partial charge on any atom is -0.870 e. The third-order valence-corrected chi connectivity index (χ3v) is 5.61. The monoisotopic (exact) mass is 455 g/mol. The largest absolute Gasteiger partial charge is 0.870 e.